The molecular weight excluding hydrogens is 185 g/mol. The van der Waals surface area contributed by atoms with Gasteiger partial charge in [-0.1, -0.05) is 0 Å². The van der Waals surface area contributed by atoms with Gasteiger partial charge in [-0.3, -0.25) is 11.2 Å². The molecule has 1 aromatic rings. The summed E-state index contributed by atoms with van der Waals surface area (Å²) in [5.41, 5.74) is 3.21. The van der Waals surface area contributed by atoms with Crippen LogP contribution in [-0.4, -0.2) is 13.8 Å². The summed E-state index contributed by atoms with van der Waals surface area (Å²) < 4.78 is 17.9. The quantitative estimate of drug-likeness (QED) is 0.277. The highest BCUT2D eigenvalue weighted by atomic mass is 19.1. The van der Waals surface area contributed by atoms with E-state index in [1.165, 1.54) is 12.1 Å². The van der Waals surface area contributed by atoms with E-state index in [0.717, 1.165) is 5.56 Å². The molecule has 14 heavy (non-hydrogen) atoms. The Labute approximate surface area is 82.2 Å². The third kappa shape index (κ3) is 2.95. The molecule has 4 nitrogen and oxygen atoms in total. The Morgan fingerprint density at radius 2 is 2.29 bits per heavy atom. The first-order valence-corrected chi connectivity index (χ1v) is 4.24. The number of hydrogen-bond donors (Lipinski definition) is 3. The first-order valence-electron chi connectivity index (χ1n) is 4.24. The molecule has 1 rings (SSSR count). The molecule has 0 saturated carbocycles. The molecule has 0 saturated heterocycles. The van der Waals surface area contributed by atoms with Crippen LogP contribution in [0, 0.1) is 5.82 Å². The van der Waals surface area contributed by atoms with Gasteiger partial charge in [0.1, 0.15) is 11.6 Å². The molecule has 78 valence electrons. The van der Waals surface area contributed by atoms with E-state index in [4.69, 9.17) is 10.6 Å². The van der Waals surface area contributed by atoms with Crippen molar-refractivity contribution in [3.63, 3.8) is 0 Å². The Morgan fingerprint density at radius 1 is 1.50 bits per heavy atom. The number of hydrazine groups is 1. The molecule has 0 unspecified atom stereocenters. The summed E-state index contributed by atoms with van der Waals surface area (Å²) in [7, 11) is 1.55. The summed E-state index contributed by atoms with van der Waals surface area (Å²) in [5, 5.41) is 2.97. The van der Waals surface area contributed by atoms with E-state index in [1.54, 1.807) is 13.2 Å². The number of nitrogens with two attached hydrogens (primary N) is 1. The number of ether oxygens (including phenoxy) is 1. The molecular formula is C9H14FN3O. The van der Waals surface area contributed by atoms with Gasteiger partial charge in [0.2, 0.25) is 0 Å². The molecule has 0 radical (unpaired) electrons. The van der Waals surface area contributed by atoms with Crippen LogP contribution in [0.4, 0.5) is 4.39 Å². The van der Waals surface area contributed by atoms with Crippen molar-refractivity contribution < 1.29 is 9.13 Å². The molecule has 0 aliphatic carbocycles. The molecule has 0 fully saturated rings. The molecule has 4 N–H and O–H groups in total. The lowest BCUT2D eigenvalue weighted by molar-refractivity contribution is 0.405. The van der Waals surface area contributed by atoms with Gasteiger partial charge in [0, 0.05) is 12.1 Å². The molecule has 0 aromatic heterocycles. The zero-order valence-corrected chi connectivity index (χ0v) is 8.01. The topological polar surface area (TPSA) is 59.3 Å². The maximum Gasteiger partial charge on any atom is 0.123 e. The maximum atomic E-state index is 12.9. The van der Waals surface area contributed by atoms with E-state index in [1.807, 2.05) is 0 Å². The predicted octanol–water partition coefficient (Wildman–Crippen LogP) is 0.345. The molecule has 0 heterocycles. The first kappa shape index (κ1) is 10.9. The SMILES string of the molecule is COc1ccc(F)cc1CNCNN. The van der Waals surface area contributed by atoms with Crippen molar-refractivity contribution in [1.82, 2.24) is 10.7 Å². The number of hydrogen-bond acceptors (Lipinski definition) is 4. The smallest absolute Gasteiger partial charge is 0.123 e. The van der Waals surface area contributed by atoms with Crippen molar-refractivity contribution in [3.05, 3.63) is 29.6 Å². The average molecular weight is 199 g/mol. The number of methoxy groups -OCH3 is 1. The van der Waals surface area contributed by atoms with Crippen molar-refractivity contribution in [2.75, 3.05) is 13.8 Å². The zero-order valence-electron chi connectivity index (χ0n) is 8.01. The minimum absolute atomic E-state index is 0.275. The number of benzene rings is 1. The maximum absolute atomic E-state index is 12.9. The predicted molar refractivity (Wildman–Crippen MR) is 52.0 cm³/mol. The van der Waals surface area contributed by atoms with E-state index in [9.17, 15) is 4.39 Å². The van der Waals surface area contributed by atoms with E-state index < -0.39 is 0 Å². The fourth-order valence-corrected chi connectivity index (χ4v) is 1.15. The van der Waals surface area contributed by atoms with Crippen LogP contribution in [0.1, 0.15) is 5.56 Å². The van der Waals surface area contributed by atoms with Crippen molar-refractivity contribution >= 4 is 0 Å². The highest BCUT2D eigenvalue weighted by Crippen LogP contribution is 2.18. The van der Waals surface area contributed by atoms with Crippen LogP contribution >= 0.6 is 0 Å². The second kappa shape index (κ2) is 5.54. The molecule has 0 spiro atoms. The van der Waals surface area contributed by atoms with E-state index in [-0.39, 0.29) is 5.82 Å². The summed E-state index contributed by atoms with van der Waals surface area (Å²) in [6.45, 7) is 0.963. The highest BCUT2D eigenvalue weighted by Gasteiger charge is 2.03. The van der Waals surface area contributed by atoms with Crippen molar-refractivity contribution in [1.29, 1.82) is 0 Å². The van der Waals surface area contributed by atoms with Crippen LogP contribution in [0.3, 0.4) is 0 Å². The van der Waals surface area contributed by atoms with E-state index in [2.05, 4.69) is 10.7 Å². The van der Waals surface area contributed by atoms with Crippen LogP contribution < -0.4 is 21.3 Å². The summed E-state index contributed by atoms with van der Waals surface area (Å²) >= 11 is 0. The second-order valence-corrected chi connectivity index (χ2v) is 2.76. The molecule has 1 aromatic carbocycles. The third-order valence-electron chi connectivity index (χ3n) is 1.78. The molecule has 0 aliphatic heterocycles. The summed E-state index contributed by atoms with van der Waals surface area (Å²) in [5.74, 6) is 5.46. The minimum Gasteiger partial charge on any atom is -0.496 e. The van der Waals surface area contributed by atoms with Gasteiger partial charge < -0.3 is 4.74 Å². The molecule has 0 aliphatic rings. The van der Waals surface area contributed by atoms with Gasteiger partial charge in [-0.2, -0.15) is 0 Å². The Kier molecular flexibility index (Phi) is 4.31. The van der Waals surface area contributed by atoms with Crippen molar-refractivity contribution in [3.8, 4) is 5.75 Å². The van der Waals surface area contributed by atoms with Crippen molar-refractivity contribution in [2.24, 2.45) is 5.84 Å². The average Bonchev–Trinajstić information content (AvgIpc) is 2.19. The van der Waals surface area contributed by atoms with Crippen LogP contribution in [0.2, 0.25) is 0 Å². The van der Waals surface area contributed by atoms with Crippen LogP contribution in [0.15, 0.2) is 18.2 Å². The lowest BCUT2D eigenvalue weighted by Gasteiger charge is -2.09. The normalized spacial score (nSPS) is 10.2. The van der Waals surface area contributed by atoms with Gasteiger partial charge in [0.25, 0.3) is 0 Å². The van der Waals surface area contributed by atoms with Gasteiger partial charge in [-0.25, -0.2) is 9.82 Å². The lowest BCUT2D eigenvalue weighted by atomic mass is 10.2. The summed E-state index contributed by atoms with van der Waals surface area (Å²) in [4.78, 5) is 0. The van der Waals surface area contributed by atoms with E-state index >= 15 is 0 Å². The Hall–Kier alpha value is -1.17. The first-order chi connectivity index (χ1) is 6.77. The minimum atomic E-state index is -0.275. The third-order valence-corrected chi connectivity index (χ3v) is 1.78. The van der Waals surface area contributed by atoms with Gasteiger partial charge >= 0.3 is 0 Å². The Morgan fingerprint density at radius 3 is 2.93 bits per heavy atom. The van der Waals surface area contributed by atoms with Gasteiger partial charge in [0.05, 0.1) is 13.8 Å². The van der Waals surface area contributed by atoms with Crippen molar-refractivity contribution in [2.45, 2.75) is 6.54 Å². The Bertz CT molecular complexity index is 293. The monoisotopic (exact) mass is 199 g/mol. The lowest BCUT2D eigenvalue weighted by Crippen LogP contribution is -2.33. The largest absolute Gasteiger partial charge is 0.496 e. The van der Waals surface area contributed by atoms with Crippen LogP contribution in [0.5, 0.6) is 5.75 Å². The molecule has 0 amide bonds. The zero-order chi connectivity index (χ0) is 10.4. The number of nitrogens with one attached hydrogen (secondary N) is 2. The summed E-state index contributed by atoms with van der Waals surface area (Å²) in [6.07, 6.45) is 0. The second-order valence-electron chi connectivity index (χ2n) is 2.76. The van der Waals surface area contributed by atoms with E-state index in [0.29, 0.717) is 19.0 Å². The molecule has 0 atom stereocenters. The molecule has 5 heteroatoms. The van der Waals surface area contributed by atoms with Crippen LogP contribution in [0.25, 0.3) is 0 Å². The van der Waals surface area contributed by atoms with Gasteiger partial charge in [-0.05, 0) is 18.2 Å². The van der Waals surface area contributed by atoms with Gasteiger partial charge in [-0.15, -0.1) is 0 Å². The van der Waals surface area contributed by atoms with Gasteiger partial charge in [0.15, 0.2) is 0 Å². The summed E-state index contributed by atoms with van der Waals surface area (Å²) in [6, 6.07) is 4.40. The highest BCUT2D eigenvalue weighted by molar-refractivity contribution is 5.33. The standard InChI is InChI=1S/C9H14FN3O/c1-14-9-3-2-8(10)4-7(9)5-12-6-13-11/h2-4,12-13H,5-6,11H2,1H3. The number of rotatable bonds is 5. The fraction of sp³-hybridized carbons (Fsp3) is 0.333. The Balaban J connectivity index is 2.67. The van der Waals surface area contributed by atoms with Crippen LogP contribution in [-0.2, 0) is 6.54 Å². The number of halogens is 1. The fourth-order valence-electron chi connectivity index (χ4n) is 1.15. The molecule has 0 bridgehead atoms.